The number of methoxy groups -OCH3 is 1. The van der Waals surface area contributed by atoms with Gasteiger partial charge in [0.1, 0.15) is 12.4 Å². The summed E-state index contributed by atoms with van der Waals surface area (Å²) in [4.78, 5) is 0. The van der Waals surface area contributed by atoms with Gasteiger partial charge in [0.2, 0.25) is 5.88 Å². The van der Waals surface area contributed by atoms with Gasteiger partial charge in [-0.2, -0.15) is 18.3 Å². The average molecular weight is 374 g/mol. The van der Waals surface area contributed by atoms with Crippen LogP contribution in [0.5, 0.6) is 11.6 Å². The monoisotopic (exact) mass is 374 g/mol. The molecule has 0 bridgehead atoms. The number of benzene rings is 2. The van der Waals surface area contributed by atoms with E-state index in [0.717, 1.165) is 17.7 Å². The van der Waals surface area contributed by atoms with Crippen LogP contribution < -0.4 is 9.47 Å². The third-order valence-corrected chi connectivity index (χ3v) is 3.89. The molecule has 2 aromatic carbocycles. The highest BCUT2D eigenvalue weighted by Gasteiger charge is 2.30. The SMILES string of the molecule is COc1cccc(COc2nnc(C)cc2-c2cccc(C(F)(F)F)c2)c1. The summed E-state index contributed by atoms with van der Waals surface area (Å²) < 4.78 is 50.0. The van der Waals surface area contributed by atoms with Crippen LogP contribution in [0.3, 0.4) is 0 Å². The first-order valence-electron chi connectivity index (χ1n) is 8.14. The third kappa shape index (κ3) is 4.55. The molecule has 0 radical (unpaired) electrons. The van der Waals surface area contributed by atoms with Crippen molar-refractivity contribution in [2.75, 3.05) is 7.11 Å². The molecule has 0 N–H and O–H groups in total. The molecule has 0 saturated carbocycles. The quantitative estimate of drug-likeness (QED) is 0.626. The van der Waals surface area contributed by atoms with Crippen molar-refractivity contribution in [3.8, 4) is 22.8 Å². The second-order valence-corrected chi connectivity index (χ2v) is 5.92. The minimum absolute atomic E-state index is 0.169. The van der Waals surface area contributed by atoms with E-state index in [9.17, 15) is 13.2 Å². The first-order chi connectivity index (χ1) is 12.9. The Bertz CT molecular complexity index is 943. The molecule has 4 nitrogen and oxygen atoms in total. The van der Waals surface area contributed by atoms with Crippen molar-refractivity contribution in [3.05, 3.63) is 71.4 Å². The predicted octanol–water partition coefficient (Wildman–Crippen LogP) is 5.06. The first kappa shape index (κ1) is 18.7. The maximum atomic E-state index is 13.0. The zero-order valence-electron chi connectivity index (χ0n) is 14.7. The lowest BCUT2D eigenvalue weighted by Crippen LogP contribution is -2.05. The summed E-state index contributed by atoms with van der Waals surface area (Å²) in [5.41, 5.74) is 1.51. The second-order valence-electron chi connectivity index (χ2n) is 5.92. The van der Waals surface area contributed by atoms with Crippen LogP contribution in [0.4, 0.5) is 13.2 Å². The number of nitrogens with zero attached hydrogens (tertiary/aromatic N) is 2. The lowest BCUT2D eigenvalue weighted by Gasteiger charge is -2.13. The van der Waals surface area contributed by atoms with Gasteiger partial charge in [-0.1, -0.05) is 24.3 Å². The number of rotatable bonds is 5. The maximum Gasteiger partial charge on any atom is 0.416 e. The summed E-state index contributed by atoms with van der Waals surface area (Å²) >= 11 is 0. The van der Waals surface area contributed by atoms with Crippen LogP contribution in [0.15, 0.2) is 54.6 Å². The number of hydrogen-bond donors (Lipinski definition) is 0. The zero-order chi connectivity index (χ0) is 19.4. The van der Waals surface area contributed by atoms with Crippen LogP contribution in [0.25, 0.3) is 11.1 Å². The fourth-order valence-corrected chi connectivity index (χ4v) is 2.57. The van der Waals surface area contributed by atoms with Crippen LogP contribution >= 0.6 is 0 Å². The van der Waals surface area contributed by atoms with E-state index in [4.69, 9.17) is 9.47 Å². The highest BCUT2D eigenvalue weighted by Crippen LogP contribution is 2.35. The van der Waals surface area contributed by atoms with Gasteiger partial charge < -0.3 is 9.47 Å². The Morgan fingerprint density at radius 3 is 2.48 bits per heavy atom. The lowest BCUT2D eigenvalue weighted by atomic mass is 10.0. The molecule has 3 aromatic rings. The number of ether oxygens (including phenoxy) is 2. The summed E-state index contributed by atoms with van der Waals surface area (Å²) in [6.45, 7) is 1.90. The highest BCUT2D eigenvalue weighted by atomic mass is 19.4. The largest absolute Gasteiger partial charge is 0.497 e. The van der Waals surface area contributed by atoms with Gasteiger partial charge in [-0.15, -0.1) is 5.10 Å². The fraction of sp³-hybridized carbons (Fsp3) is 0.200. The van der Waals surface area contributed by atoms with E-state index in [1.807, 2.05) is 24.3 Å². The van der Waals surface area contributed by atoms with E-state index in [2.05, 4.69) is 10.2 Å². The molecular weight excluding hydrogens is 357 g/mol. The number of alkyl halides is 3. The number of aromatic nitrogens is 2. The summed E-state index contributed by atoms with van der Waals surface area (Å²) in [6, 6.07) is 14.0. The molecule has 0 fully saturated rings. The van der Waals surface area contributed by atoms with E-state index in [1.54, 1.807) is 26.2 Å². The lowest BCUT2D eigenvalue weighted by molar-refractivity contribution is -0.137. The molecule has 0 atom stereocenters. The Kier molecular flexibility index (Phi) is 5.30. The molecule has 0 saturated heterocycles. The van der Waals surface area contributed by atoms with Gasteiger partial charge in [-0.3, -0.25) is 0 Å². The Morgan fingerprint density at radius 1 is 0.963 bits per heavy atom. The Hall–Kier alpha value is -3.09. The van der Waals surface area contributed by atoms with Gasteiger partial charge in [0.25, 0.3) is 0 Å². The minimum atomic E-state index is -4.42. The van der Waals surface area contributed by atoms with Crippen LogP contribution in [0.2, 0.25) is 0 Å². The molecule has 7 heteroatoms. The van der Waals surface area contributed by atoms with Crippen molar-refractivity contribution in [1.82, 2.24) is 10.2 Å². The second kappa shape index (κ2) is 7.65. The van der Waals surface area contributed by atoms with Crippen LogP contribution in [0.1, 0.15) is 16.8 Å². The van der Waals surface area contributed by atoms with Gasteiger partial charge in [0, 0.05) is 5.56 Å². The Labute approximate surface area is 154 Å². The van der Waals surface area contributed by atoms with Gasteiger partial charge in [-0.25, -0.2) is 0 Å². The van der Waals surface area contributed by atoms with E-state index >= 15 is 0 Å². The van der Waals surface area contributed by atoms with Crippen molar-refractivity contribution in [2.45, 2.75) is 19.7 Å². The van der Waals surface area contributed by atoms with E-state index in [0.29, 0.717) is 22.6 Å². The van der Waals surface area contributed by atoms with E-state index in [-0.39, 0.29) is 12.5 Å². The molecule has 0 amide bonds. The molecule has 27 heavy (non-hydrogen) atoms. The Morgan fingerprint density at radius 2 is 1.74 bits per heavy atom. The topological polar surface area (TPSA) is 44.2 Å². The zero-order valence-corrected chi connectivity index (χ0v) is 14.7. The summed E-state index contributed by atoms with van der Waals surface area (Å²) in [5, 5.41) is 7.98. The molecule has 1 aromatic heterocycles. The number of aryl methyl sites for hydroxylation is 1. The summed E-state index contributed by atoms with van der Waals surface area (Å²) in [5.74, 6) is 0.854. The fourth-order valence-electron chi connectivity index (χ4n) is 2.57. The smallest absolute Gasteiger partial charge is 0.416 e. The summed E-state index contributed by atoms with van der Waals surface area (Å²) in [6.07, 6.45) is -4.42. The van der Waals surface area contributed by atoms with Gasteiger partial charge in [0.15, 0.2) is 0 Å². The van der Waals surface area contributed by atoms with E-state index < -0.39 is 11.7 Å². The predicted molar refractivity (Wildman–Crippen MR) is 94.5 cm³/mol. The molecule has 0 aliphatic carbocycles. The number of hydrogen-bond acceptors (Lipinski definition) is 4. The molecule has 140 valence electrons. The van der Waals surface area contributed by atoms with Crippen molar-refractivity contribution >= 4 is 0 Å². The normalized spacial score (nSPS) is 11.3. The maximum absolute atomic E-state index is 13.0. The van der Waals surface area contributed by atoms with Crippen LogP contribution in [-0.2, 0) is 12.8 Å². The van der Waals surface area contributed by atoms with Gasteiger partial charge >= 0.3 is 6.18 Å². The van der Waals surface area contributed by atoms with Gasteiger partial charge in [0.05, 0.1) is 18.4 Å². The van der Waals surface area contributed by atoms with Crippen molar-refractivity contribution in [1.29, 1.82) is 0 Å². The standard InChI is InChI=1S/C20H17F3N2O2/c1-13-9-18(15-6-4-7-16(11-15)20(21,22)23)19(25-24-13)27-12-14-5-3-8-17(10-14)26-2/h3-11H,12H2,1-2H3. The molecule has 0 unspecified atom stereocenters. The molecule has 0 spiro atoms. The first-order valence-corrected chi connectivity index (χ1v) is 8.14. The van der Waals surface area contributed by atoms with Crippen molar-refractivity contribution in [3.63, 3.8) is 0 Å². The van der Waals surface area contributed by atoms with Crippen LogP contribution in [-0.4, -0.2) is 17.3 Å². The molecule has 0 aliphatic rings. The molecule has 3 rings (SSSR count). The molecular formula is C20H17F3N2O2. The van der Waals surface area contributed by atoms with Crippen molar-refractivity contribution in [2.24, 2.45) is 0 Å². The highest BCUT2D eigenvalue weighted by molar-refractivity contribution is 5.69. The van der Waals surface area contributed by atoms with Crippen molar-refractivity contribution < 1.29 is 22.6 Å². The van der Waals surface area contributed by atoms with E-state index in [1.165, 1.54) is 6.07 Å². The third-order valence-electron chi connectivity index (χ3n) is 3.89. The molecule has 0 aliphatic heterocycles. The number of halogens is 3. The van der Waals surface area contributed by atoms with Crippen LogP contribution in [0, 0.1) is 6.92 Å². The minimum Gasteiger partial charge on any atom is -0.497 e. The van der Waals surface area contributed by atoms with Gasteiger partial charge in [-0.05, 0) is 48.4 Å². The summed E-state index contributed by atoms with van der Waals surface area (Å²) in [7, 11) is 1.57. The molecule has 1 heterocycles. The Balaban J connectivity index is 1.92. The average Bonchev–Trinajstić information content (AvgIpc) is 2.66.